The molecule has 0 aliphatic rings. The molecule has 0 saturated heterocycles. The molecular formula is C22H19ClN4O5S. The van der Waals surface area contributed by atoms with E-state index in [9.17, 15) is 18.3 Å². The van der Waals surface area contributed by atoms with Gasteiger partial charge in [-0.2, -0.15) is 5.10 Å². The second-order valence-electron chi connectivity index (χ2n) is 7.65. The van der Waals surface area contributed by atoms with Gasteiger partial charge >= 0.3 is 5.97 Å². The zero-order chi connectivity index (χ0) is 23.9. The lowest BCUT2D eigenvalue weighted by molar-refractivity contribution is 0.0690. The molecule has 4 rings (SSSR count). The number of carboxylic acid groups (broad SMARTS) is 1. The summed E-state index contributed by atoms with van der Waals surface area (Å²) < 4.78 is 31.0. The van der Waals surface area contributed by atoms with Crippen molar-refractivity contribution in [2.24, 2.45) is 0 Å². The molecule has 33 heavy (non-hydrogen) atoms. The van der Waals surface area contributed by atoms with Crippen LogP contribution >= 0.6 is 11.6 Å². The minimum atomic E-state index is -3.44. The quantitative estimate of drug-likeness (QED) is 0.422. The van der Waals surface area contributed by atoms with Gasteiger partial charge in [0, 0.05) is 11.8 Å². The predicted molar refractivity (Wildman–Crippen MR) is 121 cm³/mol. The number of para-hydroxylation sites is 1. The highest BCUT2D eigenvalue weighted by atomic mass is 35.5. The van der Waals surface area contributed by atoms with E-state index in [1.807, 2.05) is 26.0 Å². The summed E-state index contributed by atoms with van der Waals surface area (Å²) in [6.07, 6.45) is 1.10. The Morgan fingerprint density at radius 1 is 1.09 bits per heavy atom. The summed E-state index contributed by atoms with van der Waals surface area (Å²) in [5.41, 5.74) is 1.69. The Kier molecular flexibility index (Phi) is 5.81. The molecule has 1 N–H and O–H groups in total. The number of aromatic nitrogens is 4. The van der Waals surface area contributed by atoms with E-state index in [-0.39, 0.29) is 39.0 Å². The standard InChI is InChI=1S/C22H19ClN4O5S/c1-12(2)15-9-4-5-10-16(15)27-19(17(23)18(26-27)22(28)29)21-25-24-20(32-21)13-7-6-8-14(11-13)33(3,30)31/h4-12H,1-3H3,(H,28,29). The lowest BCUT2D eigenvalue weighted by Crippen LogP contribution is -2.06. The first-order chi connectivity index (χ1) is 15.6. The van der Waals surface area contributed by atoms with Crippen LogP contribution in [0.1, 0.15) is 35.8 Å². The van der Waals surface area contributed by atoms with Crippen LogP contribution in [0.4, 0.5) is 0 Å². The number of carboxylic acids is 1. The van der Waals surface area contributed by atoms with Gasteiger partial charge in [0.1, 0.15) is 5.02 Å². The Morgan fingerprint density at radius 2 is 1.79 bits per heavy atom. The molecule has 2 heterocycles. The second-order valence-corrected chi connectivity index (χ2v) is 10.0. The van der Waals surface area contributed by atoms with Gasteiger partial charge in [-0.25, -0.2) is 17.9 Å². The van der Waals surface area contributed by atoms with E-state index in [4.69, 9.17) is 16.0 Å². The van der Waals surface area contributed by atoms with E-state index in [2.05, 4.69) is 15.3 Å². The molecule has 0 radical (unpaired) electrons. The van der Waals surface area contributed by atoms with Crippen LogP contribution < -0.4 is 0 Å². The van der Waals surface area contributed by atoms with Crippen molar-refractivity contribution in [3.05, 3.63) is 64.8 Å². The van der Waals surface area contributed by atoms with Gasteiger partial charge in [-0.05, 0) is 35.7 Å². The Balaban J connectivity index is 1.90. The fraction of sp³-hybridized carbons (Fsp3) is 0.182. The molecule has 2 aromatic heterocycles. The maximum absolute atomic E-state index is 11.9. The molecule has 0 saturated carbocycles. The third-order valence-corrected chi connectivity index (χ3v) is 6.42. The van der Waals surface area contributed by atoms with Crippen LogP contribution in [0.3, 0.4) is 0 Å². The summed E-state index contributed by atoms with van der Waals surface area (Å²) in [7, 11) is -3.44. The molecule has 0 amide bonds. The Hall–Kier alpha value is -3.50. The smallest absolute Gasteiger partial charge is 0.358 e. The molecule has 9 nitrogen and oxygen atoms in total. The average molecular weight is 487 g/mol. The molecule has 0 aliphatic heterocycles. The summed E-state index contributed by atoms with van der Waals surface area (Å²) in [5.74, 6) is -1.20. The number of carbonyl (C=O) groups is 1. The molecule has 4 aromatic rings. The number of hydrogen-bond acceptors (Lipinski definition) is 7. The van der Waals surface area contributed by atoms with E-state index in [0.29, 0.717) is 11.3 Å². The summed E-state index contributed by atoms with van der Waals surface area (Å²) in [5, 5.41) is 21.7. The minimum Gasteiger partial charge on any atom is -0.476 e. The number of halogens is 1. The molecule has 0 bridgehead atoms. The van der Waals surface area contributed by atoms with Crippen LogP contribution in [0.2, 0.25) is 5.02 Å². The number of sulfone groups is 1. The topological polar surface area (TPSA) is 128 Å². The highest BCUT2D eigenvalue weighted by molar-refractivity contribution is 7.90. The van der Waals surface area contributed by atoms with E-state index < -0.39 is 15.8 Å². The van der Waals surface area contributed by atoms with Crippen LogP contribution in [0.15, 0.2) is 57.8 Å². The van der Waals surface area contributed by atoms with E-state index >= 15 is 0 Å². The zero-order valence-electron chi connectivity index (χ0n) is 17.9. The second kappa shape index (κ2) is 8.45. The summed E-state index contributed by atoms with van der Waals surface area (Å²) >= 11 is 6.41. The molecular weight excluding hydrogens is 468 g/mol. The summed E-state index contributed by atoms with van der Waals surface area (Å²) in [6, 6.07) is 13.5. The van der Waals surface area contributed by atoms with E-state index in [0.717, 1.165) is 11.8 Å². The van der Waals surface area contributed by atoms with Crippen molar-refractivity contribution in [1.82, 2.24) is 20.0 Å². The van der Waals surface area contributed by atoms with Crippen LogP contribution in [-0.2, 0) is 9.84 Å². The number of rotatable bonds is 6. The van der Waals surface area contributed by atoms with E-state index in [1.54, 1.807) is 24.3 Å². The van der Waals surface area contributed by atoms with Crippen LogP contribution in [0.25, 0.3) is 28.7 Å². The van der Waals surface area contributed by atoms with Gasteiger partial charge < -0.3 is 9.52 Å². The molecule has 2 aromatic carbocycles. The first-order valence-electron chi connectivity index (χ1n) is 9.83. The third kappa shape index (κ3) is 4.27. The van der Waals surface area contributed by atoms with Gasteiger partial charge in [-0.1, -0.05) is 49.7 Å². The van der Waals surface area contributed by atoms with Gasteiger partial charge in [-0.15, -0.1) is 10.2 Å². The van der Waals surface area contributed by atoms with Gasteiger partial charge in [0.15, 0.2) is 21.2 Å². The average Bonchev–Trinajstić information content (AvgIpc) is 3.37. The number of nitrogens with zero attached hydrogens (tertiary/aromatic N) is 4. The van der Waals surface area contributed by atoms with Crippen molar-refractivity contribution in [3.8, 4) is 28.7 Å². The first kappa shape index (κ1) is 22.7. The number of aromatic carboxylic acids is 1. The third-order valence-electron chi connectivity index (χ3n) is 4.95. The minimum absolute atomic E-state index is 0.0494. The molecule has 0 unspecified atom stereocenters. The van der Waals surface area contributed by atoms with Gasteiger partial charge in [0.05, 0.1) is 10.6 Å². The van der Waals surface area contributed by atoms with Crippen LogP contribution in [-0.4, -0.2) is 45.7 Å². The predicted octanol–water partition coefficient (Wildman–Crippen LogP) is 4.47. The Morgan fingerprint density at radius 3 is 2.45 bits per heavy atom. The van der Waals surface area contributed by atoms with Crippen molar-refractivity contribution in [2.75, 3.05) is 6.26 Å². The van der Waals surface area contributed by atoms with Crippen LogP contribution in [0, 0.1) is 0 Å². The van der Waals surface area contributed by atoms with Gasteiger partial charge in [0.25, 0.3) is 5.89 Å². The number of hydrogen-bond donors (Lipinski definition) is 1. The Bertz CT molecular complexity index is 1470. The monoisotopic (exact) mass is 486 g/mol. The zero-order valence-corrected chi connectivity index (χ0v) is 19.4. The molecule has 0 spiro atoms. The van der Waals surface area contributed by atoms with E-state index in [1.165, 1.54) is 16.8 Å². The molecule has 11 heteroatoms. The largest absolute Gasteiger partial charge is 0.476 e. The van der Waals surface area contributed by atoms with Crippen molar-refractivity contribution >= 4 is 27.4 Å². The van der Waals surface area contributed by atoms with Crippen molar-refractivity contribution < 1.29 is 22.7 Å². The molecule has 0 atom stereocenters. The summed E-state index contributed by atoms with van der Waals surface area (Å²) in [4.78, 5) is 11.8. The Labute approximate surface area is 194 Å². The molecule has 170 valence electrons. The summed E-state index contributed by atoms with van der Waals surface area (Å²) in [6.45, 7) is 4.00. The van der Waals surface area contributed by atoms with Gasteiger partial charge in [0.2, 0.25) is 5.89 Å². The number of benzene rings is 2. The normalized spacial score (nSPS) is 11.8. The van der Waals surface area contributed by atoms with Gasteiger partial charge in [-0.3, -0.25) is 0 Å². The van der Waals surface area contributed by atoms with Crippen LogP contribution in [0.5, 0.6) is 0 Å². The van der Waals surface area contributed by atoms with Crippen molar-refractivity contribution in [1.29, 1.82) is 0 Å². The lowest BCUT2D eigenvalue weighted by atomic mass is 10.0. The van der Waals surface area contributed by atoms with Crippen molar-refractivity contribution in [2.45, 2.75) is 24.7 Å². The fourth-order valence-corrected chi connectivity index (χ4v) is 4.30. The maximum Gasteiger partial charge on any atom is 0.358 e. The molecule has 0 fully saturated rings. The van der Waals surface area contributed by atoms with Crippen molar-refractivity contribution in [3.63, 3.8) is 0 Å². The first-order valence-corrected chi connectivity index (χ1v) is 12.1. The highest BCUT2D eigenvalue weighted by Gasteiger charge is 2.28. The lowest BCUT2D eigenvalue weighted by Gasteiger charge is -2.13. The molecule has 0 aliphatic carbocycles. The maximum atomic E-state index is 11.9. The highest BCUT2D eigenvalue weighted by Crippen LogP contribution is 2.36. The SMILES string of the molecule is CC(C)c1ccccc1-n1nc(C(=O)O)c(Cl)c1-c1nnc(-c2cccc(S(C)(=O)=O)c2)o1. The fourth-order valence-electron chi connectivity index (χ4n) is 3.36.